The molecule has 126 valence electrons. The molecular weight excluding hydrogens is 302 g/mol. The van der Waals surface area contributed by atoms with Crippen molar-refractivity contribution in [3.8, 4) is 0 Å². The smallest absolute Gasteiger partial charge is 0.311 e. The number of amides is 1. The quantitative estimate of drug-likeness (QED) is 0.852. The van der Waals surface area contributed by atoms with E-state index in [0.29, 0.717) is 0 Å². The van der Waals surface area contributed by atoms with Crippen LogP contribution in [0.2, 0.25) is 0 Å². The molecule has 2 aromatic rings. The first-order valence-electron chi connectivity index (χ1n) is 7.98. The minimum absolute atomic E-state index is 0.154. The molecule has 4 nitrogen and oxygen atoms in total. The molecule has 1 amide bonds. The van der Waals surface area contributed by atoms with Crippen LogP contribution in [0.15, 0.2) is 42.5 Å². The summed E-state index contributed by atoms with van der Waals surface area (Å²) in [5, 5.41) is 2.80. The van der Waals surface area contributed by atoms with E-state index in [2.05, 4.69) is 5.32 Å². The highest BCUT2D eigenvalue weighted by atomic mass is 16.5. The first kappa shape index (κ1) is 17.7. The standard InChI is InChI=1S/C20H23NO3/c1-13-5-8-17(9-6-13)12-19(22)24-16(4)20(23)21-18-10-7-14(2)11-15(18)3/h5-11,16H,12H2,1-4H3,(H,21,23)/t16-/m1/s1. The summed E-state index contributed by atoms with van der Waals surface area (Å²) < 4.78 is 5.23. The second-order valence-electron chi connectivity index (χ2n) is 6.10. The molecule has 0 aliphatic heterocycles. The van der Waals surface area contributed by atoms with Crippen molar-refractivity contribution in [1.82, 2.24) is 0 Å². The molecule has 0 saturated heterocycles. The summed E-state index contributed by atoms with van der Waals surface area (Å²) >= 11 is 0. The summed E-state index contributed by atoms with van der Waals surface area (Å²) in [6.07, 6.45) is -0.690. The third-order valence-electron chi connectivity index (χ3n) is 3.79. The lowest BCUT2D eigenvalue weighted by Gasteiger charge is -2.15. The van der Waals surface area contributed by atoms with E-state index in [0.717, 1.165) is 27.9 Å². The molecule has 0 aliphatic carbocycles. The average Bonchev–Trinajstić information content (AvgIpc) is 2.52. The highest BCUT2D eigenvalue weighted by Crippen LogP contribution is 2.16. The Hall–Kier alpha value is -2.62. The van der Waals surface area contributed by atoms with Crippen LogP contribution in [-0.4, -0.2) is 18.0 Å². The highest BCUT2D eigenvalue weighted by molar-refractivity contribution is 5.95. The molecule has 4 heteroatoms. The van der Waals surface area contributed by atoms with Crippen molar-refractivity contribution in [1.29, 1.82) is 0 Å². The van der Waals surface area contributed by atoms with E-state index in [1.807, 2.05) is 63.2 Å². The van der Waals surface area contributed by atoms with Crippen LogP contribution >= 0.6 is 0 Å². The van der Waals surface area contributed by atoms with Crippen LogP contribution < -0.4 is 5.32 Å². The van der Waals surface area contributed by atoms with E-state index in [1.165, 1.54) is 0 Å². The molecule has 0 unspecified atom stereocenters. The Balaban J connectivity index is 1.90. The first-order chi connectivity index (χ1) is 11.3. The van der Waals surface area contributed by atoms with Gasteiger partial charge in [-0.1, -0.05) is 47.5 Å². The van der Waals surface area contributed by atoms with Gasteiger partial charge in [0.1, 0.15) is 0 Å². The molecule has 0 heterocycles. The number of ether oxygens (including phenoxy) is 1. The van der Waals surface area contributed by atoms with Crippen LogP contribution in [0.1, 0.15) is 29.2 Å². The largest absolute Gasteiger partial charge is 0.452 e. The molecule has 1 atom stereocenters. The maximum atomic E-state index is 12.2. The van der Waals surface area contributed by atoms with Gasteiger partial charge in [0.25, 0.3) is 5.91 Å². The Morgan fingerprint density at radius 3 is 2.25 bits per heavy atom. The predicted molar refractivity (Wildman–Crippen MR) is 95.0 cm³/mol. The molecule has 0 radical (unpaired) electrons. The van der Waals surface area contributed by atoms with Crippen molar-refractivity contribution >= 4 is 17.6 Å². The summed E-state index contributed by atoms with van der Waals surface area (Å²) in [5.41, 5.74) is 4.83. The van der Waals surface area contributed by atoms with Crippen LogP contribution in [0.3, 0.4) is 0 Å². The van der Waals surface area contributed by atoms with Gasteiger partial charge in [-0.05, 0) is 44.9 Å². The monoisotopic (exact) mass is 325 g/mol. The molecular formula is C20H23NO3. The lowest BCUT2D eigenvalue weighted by atomic mass is 10.1. The van der Waals surface area contributed by atoms with Crippen LogP contribution in [0.25, 0.3) is 0 Å². The summed E-state index contributed by atoms with van der Waals surface area (Å²) in [5.74, 6) is -0.749. The van der Waals surface area contributed by atoms with E-state index in [-0.39, 0.29) is 12.3 Å². The molecule has 0 fully saturated rings. The zero-order valence-electron chi connectivity index (χ0n) is 14.6. The van der Waals surface area contributed by atoms with Crippen molar-refractivity contribution in [2.75, 3.05) is 5.32 Å². The molecule has 2 aromatic carbocycles. The van der Waals surface area contributed by atoms with Crippen molar-refractivity contribution < 1.29 is 14.3 Å². The van der Waals surface area contributed by atoms with Crippen LogP contribution in [-0.2, 0) is 20.7 Å². The van der Waals surface area contributed by atoms with Crippen molar-refractivity contribution in [2.45, 2.75) is 40.2 Å². The van der Waals surface area contributed by atoms with Crippen LogP contribution in [0.4, 0.5) is 5.69 Å². The fraction of sp³-hybridized carbons (Fsp3) is 0.300. The second kappa shape index (κ2) is 7.77. The van der Waals surface area contributed by atoms with E-state index < -0.39 is 12.1 Å². The highest BCUT2D eigenvalue weighted by Gasteiger charge is 2.18. The maximum Gasteiger partial charge on any atom is 0.311 e. The number of nitrogens with one attached hydrogen (secondary N) is 1. The van der Waals surface area contributed by atoms with Gasteiger partial charge in [-0.2, -0.15) is 0 Å². The molecule has 0 aromatic heterocycles. The normalized spacial score (nSPS) is 11.7. The van der Waals surface area contributed by atoms with Gasteiger partial charge in [0, 0.05) is 5.69 Å². The third-order valence-corrected chi connectivity index (χ3v) is 3.79. The maximum absolute atomic E-state index is 12.2. The van der Waals surface area contributed by atoms with Gasteiger partial charge in [-0.25, -0.2) is 0 Å². The Labute approximate surface area is 142 Å². The topological polar surface area (TPSA) is 55.4 Å². The van der Waals surface area contributed by atoms with Gasteiger partial charge in [0.05, 0.1) is 6.42 Å². The van der Waals surface area contributed by atoms with Gasteiger partial charge in [-0.3, -0.25) is 9.59 Å². The fourth-order valence-electron chi connectivity index (χ4n) is 2.35. The van der Waals surface area contributed by atoms with Gasteiger partial charge >= 0.3 is 5.97 Å². The summed E-state index contributed by atoms with van der Waals surface area (Å²) in [7, 11) is 0. The first-order valence-corrected chi connectivity index (χ1v) is 7.98. The molecule has 0 spiro atoms. The number of carbonyl (C=O) groups excluding carboxylic acids is 2. The van der Waals surface area contributed by atoms with E-state index in [4.69, 9.17) is 4.74 Å². The van der Waals surface area contributed by atoms with Gasteiger partial charge in [0.15, 0.2) is 6.10 Å². The number of benzene rings is 2. The zero-order chi connectivity index (χ0) is 17.7. The van der Waals surface area contributed by atoms with Crippen molar-refractivity contribution in [2.24, 2.45) is 0 Å². The Kier molecular flexibility index (Phi) is 5.74. The number of hydrogen-bond acceptors (Lipinski definition) is 3. The second-order valence-corrected chi connectivity index (χ2v) is 6.10. The molecule has 0 saturated carbocycles. The average molecular weight is 325 g/mol. The number of anilines is 1. The fourth-order valence-corrected chi connectivity index (χ4v) is 2.35. The Morgan fingerprint density at radius 2 is 1.62 bits per heavy atom. The minimum Gasteiger partial charge on any atom is -0.452 e. The number of esters is 1. The molecule has 0 bridgehead atoms. The van der Waals surface area contributed by atoms with Gasteiger partial charge in [-0.15, -0.1) is 0 Å². The minimum atomic E-state index is -0.844. The number of hydrogen-bond donors (Lipinski definition) is 1. The zero-order valence-corrected chi connectivity index (χ0v) is 14.6. The third kappa shape index (κ3) is 4.95. The molecule has 2 rings (SSSR count). The summed E-state index contributed by atoms with van der Waals surface area (Å²) in [4.78, 5) is 24.2. The van der Waals surface area contributed by atoms with Gasteiger partial charge in [0.2, 0.25) is 0 Å². The lowest BCUT2D eigenvalue weighted by molar-refractivity contribution is -0.152. The SMILES string of the molecule is Cc1ccc(CC(=O)O[C@H](C)C(=O)Nc2ccc(C)cc2C)cc1. The van der Waals surface area contributed by atoms with E-state index in [1.54, 1.807) is 6.92 Å². The molecule has 24 heavy (non-hydrogen) atoms. The van der Waals surface area contributed by atoms with Gasteiger partial charge < -0.3 is 10.1 Å². The van der Waals surface area contributed by atoms with Crippen LogP contribution in [0, 0.1) is 20.8 Å². The summed E-state index contributed by atoms with van der Waals surface area (Å²) in [6, 6.07) is 13.4. The molecule has 0 aliphatic rings. The Morgan fingerprint density at radius 1 is 1.00 bits per heavy atom. The number of aryl methyl sites for hydroxylation is 3. The lowest BCUT2D eigenvalue weighted by Crippen LogP contribution is -2.30. The number of carbonyl (C=O) groups is 2. The van der Waals surface area contributed by atoms with E-state index >= 15 is 0 Å². The molecule has 1 N–H and O–H groups in total. The number of rotatable bonds is 5. The predicted octanol–water partition coefficient (Wildman–Crippen LogP) is 3.72. The van der Waals surface area contributed by atoms with E-state index in [9.17, 15) is 9.59 Å². The van der Waals surface area contributed by atoms with Crippen LogP contribution in [0.5, 0.6) is 0 Å². The summed E-state index contributed by atoms with van der Waals surface area (Å²) in [6.45, 7) is 7.48. The Bertz CT molecular complexity index is 735. The van der Waals surface area contributed by atoms with Crippen molar-refractivity contribution in [3.63, 3.8) is 0 Å². The van der Waals surface area contributed by atoms with Crippen molar-refractivity contribution in [3.05, 3.63) is 64.7 Å².